The Balaban J connectivity index is 2.82. The zero-order valence-electron chi connectivity index (χ0n) is 10.6. The molecule has 0 radical (unpaired) electrons. The molecular weight excluding hydrogens is 290 g/mol. The Morgan fingerprint density at radius 3 is 2.83 bits per heavy atom. The molecule has 8 heteroatoms. The number of rotatable bonds is 8. The first-order chi connectivity index (χ1) is 8.53. The maximum atomic E-state index is 12.1. The van der Waals surface area contributed by atoms with Crippen LogP contribution in [0.1, 0.15) is 19.8 Å². The van der Waals surface area contributed by atoms with Crippen molar-refractivity contribution in [3.05, 3.63) is 0 Å². The molecule has 0 aromatic carbocycles. The number of nitrogens with two attached hydrogens (primary N) is 1. The lowest BCUT2D eigenvalue weighted by Gasteiger charge is -2.07. The molecule has 0 spiro atoms. The van der Waals surface area contributed by atoms with Gasteiger partial charge in [0.15, 0.2) is 15.7 Å². The molecule has 0 saturated heterocycles. The average molecular weight is 309 g/mol. The van der Waals surface area contributed by atoms with Crippen LogP contribution in [0, 0.1) is 0 Å². The van der Waals surface area contributed by atoms with Crippen LogP contribution in [-0.2, 0) is 9.84 Å². The first-order valence-corrected chi connectivity index (χ1v) is 9.55. The van der Waals surface area contributed by atoms with Crippen molar-refractivity contribution in [1.82, 2.24) is 4.37 Å². The number of hydrogen-bond donors (Lipinski definition) is 2. The van der Waals surface area contributed by atoms with Gasteiger partial charge in [-0.15, -0.1) is 0 Å². The monoisotopic (exact) mass is 309 g/mol. The summed E-state index contributed by atoms with van der Waals surface area (Å²) in [6, 6.07) is 0. The lowest BCUT2D eigenvalue weighted by molar-refractivity contribution is 0.595. The van der Waals surface area contributed by atoms with Crippen LogP contribution >= 0.6 is 23.3 Å². The summed E-state index contributed by atoms with van der Waals surface area (Å²) >= 11 is 2.88. The highest BCUT2D eigenvalue weighted by molar-refractivity contribution is 7.98. The highest BCUT2D eigenvalue weighted by atomic mass is 32.2. The molecule has 3 N–H and O–H groups in total. The summed E-state index contributed by atoms with van der Waals surface area (Å²) in [7, 11) is -3.32. The first-order valence-electron chi connectivity index (χ1n) is 5.73. The molecule has 0 unspecified atom stereocenters. The van der Waals surface area contributed by atoms with Crippen molar-refractivity contribution in [3.8, 4) is 0 Å². The van der Waals surface area contributed by atoms with Gasteiger partial charge in [-0.3, -0.25) is 0 Å². The molecule has 104 valence electrons. The summed E-state index contributed by atoms with van der Waals surface area (Å²) in [6.45, 7) is 2.57. The molecule has 0 amide bonds. The normalized spacial score (nSPS) is 11.7. The van der Waals surface area contributed by atoms with Gasteiger partial charge in [0.2, 0.25) is 0 Å². The second kappa shape index (κ2) is 7.20. The van der Waals surface area contributed by atoms with Crippen molar-refractivity contribution in [2.24, 2.45) is 0 Å². The number of nitrogen functional groups attached to an aromatic ring is 1. The Hall–Kier alpha value is -0.470. The van der Waals surface area contributed by atoms with E-state index < -0.39 is 9.84 Å². The van der Waals surface area contributed by atoms with E-state index in [0.717, 1.165) is 30.3 Å². The SMILES string of the molecule is CCCS(=O)(=O)c1c(N)nsc1NCCCSC. The Morgan fingerprint density at radius 2 is 2.22 bits per heavy atom. The molecule has 18 heavy (non-hydrogen) atoms. The van der Waals surface area contributed by atoms with Crippen molar-refractivity contribution in [3.63, 3.8) is 0 Å². The van der Waals surface area contributed by atoms with Crippen molar-refractivity contribution in [2.45, 2.75) is 24.7 Å². The van der Waals surface area contributed by atoms with Gasteiger partial charge in [0, 0.05) is 6.54 Å². The fourth-order valence-electron chi connectivity index (χ4n) is 1.50. The lowest BCUT2D eigenvalue weighted by Crippen LogP contribution is -2.11. The maximum Gasteiger partial charge on any atom is 0.185 e. The number of nitrogens with one attached hydrogen (secondary N) is 1. The zero-order valence-corrected chi connectivity index (χ0v) is 13.1. The predicted molar refractivity (Wildman–Crippen MR) is 80.4 cm³/mol. The molecule has 0 aliphatic heterocycles. The number of sulfone groups is 1. The molecule has 0 bridgehead atoms. The van der Waals surface area contributed by atoms with Crippen LogP contribution < -0.4 is 11.1 Å². The Labute approximate surface area is 117 Å². The zero-order chi connectivity index (χ0) is 13.6. The van der Waals surface area contributed by atoms with Crippen LogP contribution in [-0.4, -0.2) is 37.1 Å². The van der Waals surface area contributed by atoms with Gasteiger partial charge >= 0.3 is 0 Å². The van der Waals surface area contributed by atoms with Gasteiger partial charge in [0.25, 0.3) is 0 Å². The summed E-state index contributed by atoms with van der Waals surface area (Å²) in [4.78, 5) is 0.179. The van der Waals surface area contributed by atoms with Crippen molar-refractivity contribution in [1.29, 1.82) is 0 Å². The average Bonchev–Trinajstić information content (AvgIpc) is 2.67. The number of thioether (sulfide) groups is 1. The second-order valence-electron chi connectivity index (χ2n) is 3.82. The number of hydrogen-bond acceptors (Lipinski definition) is 7. The molecular formula is C10H19N3O2S3. The van der Waals surface area contributed by atoms with Gasteiger partial charge in [0.1, 0.15) is 9.90 Å². The molecule has 0 atom stereocenters. The molecule has 1 heterocycles. The Morgan fingerprint density at radius 1 is 1.50 bits per heavy atom. The largest absolute Gasteiger partial charge is 0.382 e. The quantitative estimate of drug-likeness (QED) is 0.715. The van der Waals surface area contributed by atoms with E-state index in [1.807, 2.05) is 13.2 Å². The number of aromatic nitrogens is 1. The van der Waals surface area contributed by atoms with E-state index >= 15 is 0 Å². The topological polar surface area (TPSA) is 85.1 Å². The van der Waals surface area contributed by atoms with E-state index in [4.69, 9.17) is 5.73 Å². The third-order valence-corrected chi connectivity index (χ3v) is 5.89. The third-order valence-electron chi connectivity index (χ3n) is 2.27. The Bertz CT molecular complexity index is 471. The minimum atomic E-state index is -3.32. The van der Waals surface area contributed by atoms with Gasteiger partial charge in [-0.05, 0) is 36.4 Å². The smallest absolute Gasteiger partial charge is 0.185 e. The molecule has 0 aliphatic carbocycles. The molecule has 0 saturated carbocycles. The number of anilines is 2. The molecule has 1 aromatic rings. The number of nitrogens with zero attached hydrogens (tertiary/aromatic N) is 1. The Kier molecular flexibility index (Phi) is 6.24. The lowest BCUT2D eigenvalue weighted by atomic mass is 10.5. The van der Waals surface area contributed by atoms with Gasteiger partial charge < -0.3 is 11.1 Å². The van der Waals surface area contributed by atoms with Crippen LogP contribution in [0.2, 0.25) is 0 Å². The highest BCUT2D eigenvalue weighted by Crippen LogP contribution is 2.32. The predicted octanol–water partition coefficient (Wildman–Crippen LogP) is 2.07. The molecule has 1 rings (SSSR count). The summed E-state index contributed by atoms with van der Waals surface area (Å²) in [5, 5.41) is 3.69. The van der Waals surface area contributed by atoms with E-state index in [0.29, 0.717) is 11.4 Å². The summed E-state index contributed by atoms with van der Waals surface area (Å²) in [6.07, 6.45) is 3.59. The third kappa shape index (κ3) is 4.03. The van der Waals surface area contributed by atoms with Gasteiger partial charge in [-0.2, -0.15) is 16.1 Å². The van der Waals surface area contributed by atoms with E-state index in [9.17, 15) is 8.42 Å². The first kappa shape index (κ1) is 15.6. The fourth-order valence-corrected chi connectivity index (χ4v) is 4.58. The van der Waals surface area contributed by atoms with Crippen LogP contribution in [0.25, 0.3) is 0 Å². The van der Waals surface area contributed by atoms with Crippen LogP contribution in [0.5, 0.6) is 0 Å². The second-order valence-corrected chi connectivity index (χ2v) is 7.62. The fraction of sp³-hybridized carbons (Fsp3) is 0.700. The van der Waals surface area contributed by atoms with Crippen molar-refractivity contribution >= 4 is 44.0 Å². The van der Waals surface area contributed by atoms with Gasteiger partial charge in [0.05, 0.1) is 5.75 Å². The summed E-state index contributed by atoms with van der Waals surface area (Å²) in [5.74, 6) is 1.26. The van der Waals surface area contributed by atoms with Crippen LogP contribution in [0.3, 0.4) is 0 Å². The van der Waals surface area contributed by atoms with E-state index in [1.54, 1.807) is 11.8 Å². The maximum absolute atomic E-state index is 12.1. The van der Waals surface area contributed by atoms with E-state index in [2.05, 4.69) is 9.69 Å². The molecule has 1 aromatic heterocycles. The molecule has 5 nitrogen and oxygen atoms in total. The van der Waals surface area contributed by atoms with Crippen molar-refractivity contribution < 1.29 is 8.42 Å². The van der Waals surface area contributed by atoms with Crippen molar-refractivity contribution in [2.75, 3.05) is 35.4 Å². The minimum Gasteiger partial charge on any atom is -0.382 e. The standard InChI is InChI=1S/C10H19N3O2S3/c1-3-7-18(14,15)8-9(11)13-17-10(8)12-5-4-6-16-2/h12H,3-7H2,1-2H3,(H2,11,13). The van der Waals surface area contributed by atoms with Gasteiger partial charge in [-0.1, -0.05) is 6.92 Å². The molecule has 0 aliphatic rings. The van der Waals surface area contributed by atoms with E-state index in [-0.39, 0.29) is 16.5 Å². The van der Waals surface area contributed by atoms with Crippen LogP contribution in [0.15, 0.2) is 4.90 Å². The van der Waals surface area contributed by atoms with Gasteiger partial charge in [-0.25, -0.2) is 8.42 Å². The summed E-state index contributed by atoms with van der Waals surface area (Å²) in [5.41, 5.74) is 5.66. The van der Waals surface area contributed by atoms with Crippen LogP contribution in [0.4, 0.5) is 10.8 Å². The molecule has 0 fully saturated rings. The summed E-state index contributed by atoms with van der Waals surface area (Å²) < 4.78 is 28.1. The van der Waals surface area contributed by atoms with E-state index in [1.165, 1.54) is 0 Å². The minimum absolute atomic E-state index is 0.106. The highest BCUT2D eigenvalue weighted by Gasteiger charge is 2.24.